The number of amides is 1. The van der Waals surface area contributed by atoms with Crippen LogP contribution in [0.1, 0.15) is 28.9 Å². The summed E-state index contributed by atoms with van der Waals surface area (Å²) in [5.74, 6) is -0.590. The van der Waals surface area contributed by atoms with Crippen molar-refractivity contribution in [1.82, 2.24) is 24.6 Å². The van der Waals surface area contributed by atoms with E-state index in [1.54, 1.807) is 48.5 Å². The molecule has 29 heavy (non-hydrogen) atoms. The molecule has 0 saturated carbocycles. The molecule has 0 aliphatic carbocycles. The molecule has 9 nitrogen and oxygen atoms in total. The molecule has 0 unspecified atom stereocenters. The number of anilines is 2. The molecule has 1 aliphatic rings. The highest BCUT2D eigenvalue weighted by Crippen LogP contribution is 2.27. The Morgan fingerprint density at radius 1 is 1.21 bits per heavy atom. The van der Waals surface area contributed by atoms with E-state index in [2.05, 4.69) is 20.4 Å². The molecule has 0 atom stereocenters. The standard InChI is InChI=1S/C20H20N6O3/c1-12-7-21-20(24-18(12)16-5-3-4-6-17(16)19(28)29)23-14-8-22-26(9-14)15-10-25(11-15)13(2)27/h3-9,15H,10-11H2,1-2H3,(H,28,29)(H,21,23,24). The zero-order valence-electron chi connectivity index (χ0n) is 16.0. The van der Waals surface area contributed by atoms with Crippen molar-refractivity contribution in [2.75, 3.05) is 18.4 Å². The second-order valence-corrected chi connectivity index (χ2v) is 6.99. The van der Waals surface area contributed by atoms with Crippen molar-refractivity contribution in [1.29, 1.82) is 0 Å². The smallest absolute Gasteiger partial charge is 0.336 e. The lowest BCUT2D eigenvalue weighted by atomic mass is 10.0. The average Bonchev–Trinajstić information content (AvgIpc) is 3.09. The molecule has 9 heteroatoms. The van der Waals surface area contributed by atoms with Gasteiger partial charge in [0.25, 0.3) is 0 Å². The number of aromatic nitrogens is 4. The molecular formula is C20H20N6O3. The van der Waals surface area contributed by atoms with Gasteiger partial charge in [0.15, 0.2) is 0 Å². The molecule has 3 aromatic rings. The third kappa shape index (κ3) is 3.66. The highest BCUT2D eigenvalue weighted by molar-refractivity contribution is 5.95. The Kier molecular flexibility index (Phi) is 4.71. The summed E-state index contributed by atoms with van der Waals surface area (Å²) < 4.78 is 1.82. The fraction of sp³-hybridized carbons (Fsp3) is 0.250. The van der Waals surface area contributed by atoms with Crippen molar-refractivity contribution in [3.8, 4) is 11.3 Å². The maximum Gasteiger partial charge on any atom is 0.336 e. The van der Waals surface area contributed by atoms with E-state index in [0.29, 0.717) is 36.0 Å². The maximum absolute atomic E-state index is 11.6. The van der Waals surface area contributed by atoms with Gasteiger partial charge in [0.05, 0.1) is 29.2 Å². The number of aromatic carboxylic acids is 1. The summed E-state index contributed by atoms with van der Waals surface area (Å²) in [6.45, 7) is 4.69. The van der Waals surface area contributed by atoms with Gasteiger partial charge < -0.3 is 15.3 Å². The number of carboxylic acids is 1. The highest BCUT2D eigenvalue weighted by atomic mass is 16.4. The third-order valence-electron chi connectivity index (χ3n) is 4.92. The second-order valence-electron chi connectivity index (χ2n) is 6.99. The first-order valence-corrected chi connectivity index (χ1v) is 9.15. The van der Waals surface area contributed by atoms with Crippen molar-refractivity contribution < 1.29 is 14.7 Å². The van der Waals surface area contributed by atoms with Crippen molar-refractivity contribution >= 4 is 23.5 Å². The van der Waals surface area contributed by atoms with Crippen LogP contribution in [-0.4, -0.2) is 54.7 Å². The Labute approximate surface area is 167 Å². The zero-order valence-corrected chi connectivity index (χ0v) is 16.0. The zero-order chi connectivity index (χ0) is 20.5. The van der Waals surface area contributed by atoms with Crippen LogP contribution in [0.2, 0.25) is 0 Å². The number of nitrogens with one attached hydrogen (secondary N) is 1. The molecule has 1 aromatic carbocycles. The SMILES string of the molecule is CC(=O)N1CC(n2cc(Nc3ncc(C)c(-c4ccccc4C(=O)O)n3)cn2)C1. The normalized spacial score (nSPS) is 13.8. The molecule has 4 rings (SSSR count). The van der Waals surface area contributed by atoms with E-state index in [1.807, 2.05) is 17.8 Å². The fourth-order valence-corrected chi connectivity index (χ4v) is 3.26. The summed E-state index contributed by atoms with van der Waals surface area (Å²) >= 11 is 0. The van der Waals surface area contributed by atoms with Crippen LogP contribution in [-0.2, 0) is 4.79 Å². The Morgan fingerprint density at radius 3 is 2.69 bits per heavy atom. The number of likely N-dealkylation sites (tertiary alicyclic amines) is 1. The Morgan fingerprint density at radius 2 is 1.97 bits per heavy atom. The summed E-state index contributed by atoms with van der Waals surface area (Å²) in [4.78, 5) is 33.5. The summed E-state index contributed by atoms with van der Waals surface area (Å²) in [5.41, 5.74) is 2.78. The van der Waals surface area contributed by atoms with Crippen LogP contribution in [0.15, 0.2) is 42.9 Å². The molecule has 0 spiro atoms. The fourth-order valence-electron chi connectivity index (χ4n) is 3.26. The number of hydrogen-bond acceptors (Lipinski definition) is 6. The molecule has 2 N–H and O–H groups in total. The van der Waals surface area contributed by atoms with E-state index >= 15 is 0 Å². The van der Waals surface area contributed by atoms with Gasteiger partial charge in [-0.3, -0.25) is 9.48 Å². The van der Waals surface area contributed by atoms with E-state index < -0.39 is 5.97 Å². The Bertz CT molecular complexity index is 1090. The van der Waals surface area contributed by atoms with Gasteiger partial charge in [0, 0.05) is 38.0 Å². The second kappa shape index (κ2) is 7.34. The molecule has 0 radical (unpaired) electrons. The molecule has 148 valence electrons. The number of nitrogens with zero attached hydrogens (tertiary/aromatic N) is 5. The molecule has 1 saturated heterocycles. The van der Waals surface area contributed by atoms with Gasteiger partial charge in [-0.25, -0.2) is 14.8 Å². The Hall–Kier alpha value is -3.75. The molecular weight excluding hydrogens is 372 g/mol. The number of rotatable bonds is 5. The van der Waals surface area contributed by atoms with Crippen molar-refractivity contribution in [3.63, 3.8) is 0 Å². The van der Waals surface area contributed by atoms with E-state index in [-0.39, 0.29) is 17.5 Å². The monoisotopic (exact) mass is 392 g/mol. The van der Waals surface area contributed by atoms with Gasteiger partial charge in [0.2, 0.25) is 11.9 Å². The number of carbonyl (C=O) groups is 2. The first kappa shape index (κ1) is 18.6. The van der Waals surface area contributed by atoms with Gasteiger partial charge >= 0.3 is 5.97 Å². The minimum atomic E-state index is -1.01. The molecule has 2 aromatic heterocycles. The number of hydrogen-bond donors (Lipinski definition) is 2. The third-order valence-corrected chi connectivity index (χ3v) is 4.92. The van der Waals surface area contributed by atoms with Crippen molar-refractivity contribution in [3.05, 3.63) is 54.0 Å². The van der Waals surface area contributed by atoms with E-state index in [0.717, 1.165) is 5.56 Å². The van der Waals surface area contributed by atoms with Crippen LogP contribution < -0.4 is 5.32 Å². The largest absolute Gasteiger partial charge is 0.478 e. The van der Waals surface area contributed by atoms with Crippen LogP contribution in [0.5, 0.6) is 0 Å². The lowest BCUT2D eigenvalue weighted by Crippen LogP contribution is -2.49. The van der Waals surface area contributed by atoms with Gasteiger partial charge in [-0.1, -0.05) is 18.2 Å². The molecule has 1 fully saturated rings. The number of aryl methyl sites for hydroxylation is 1. The lowest BCUT2D eigenvalue weighted by molar-refractivity contribution is -0.134. The number of benzene rings is 1. The predicted octanol–water partition coefficient (Wildman–Crippen LogP) is 2.49. The first-order chi connectivity index (χ1) is 13.9. The number of carbonyl (C=O) groups excluding carboxylic acids is 1. The molecule has 0 bridgehead atoms. The minimum absolute atomic E-state index is 0.0639. The summed E-state index contributed by atoms with van der Waals surface area (Å²) in [6.07, 6.45) is 5.17. The number of carboxylic acid groups (broad SMARTS) is 1. The summed E-state index contributed by atoms with van der Waals surface area (Å²) in [5, 5.41) is 16.9. The van der Waals surface area contributed by atoms with E-state index in [4.69, 9.17) is 0 Å². The average molecular weight is 392 g/mol. The molecule has 1 amide bonds. The topological polar surface area (TPSA) is 113 Å². The highest BCUT2D eigenvalue weighted by Gasteiger charge is 2.30. The summed E-state index contributed by atoms with van der Waals surface area (Å²) in [6, 6.07) is 6.91. The van der Waals surface area contributed by atoms with Crippen LogP contribution in [0.25, 0.3) is 11.3 Å². The van der Waals surface area contributed by atoms with E-state index in [1.165, 1.54) is 0 Å². The quantitative estimate of drug-likeness (QED) is 0.686. The molecule has 1 aliphatic heterocycles. The van der Waals surface area contributed by atoms with Crippen LogP contribution >= 0.6 is 0 Å². The molecule has 3 heterocycles. The van der Waals surface area contributed by atoms with Crippen molar-refractivity contribution in [2.24, 2.45) is 0 Å². The van der Waals surface area contributed by atoms with Crippen LogP contribution in [0.4, 0.5) is 11.6 Å². The predicted molar refractivity (Wildman–Crippen MR) is 106 cm³/mol. The van der Waals surface area contributed by atoms with Crippen LogP contribution in [0.3, 0.4) is 0 Å². The van der Waals surface area contributed by atoms with Gasteiger partial charge in [0.1, 0.15) is 0 Å². The van der Waals surface area contributed by atoms with Gasteiger partial charge in [-0.15, -0.1) is 0 Å². The van der Waals surface area contributed by atoms with Gasteiger partial charge in [-0.05, 0) is 18.6 Å². The first-order valence-electron chi connectivity index (χ1n) is 9.15. The maximum atomic E-state index is 11.6. The van der Waals surface area contributed by atoms with Gasteiger partial charge in [-0.2, -0.15) is 5.10 Å². The van der Waals surface area contributed by atoms with E-state index in [9.17, 15) is 14.7 Å². The van der Waals surface area contributed by atoms with Crippen LogP contribution in [0, 0.1) is 6.92 Å². The Balaban J connectivity index is 1.55. The minimum Gasteiger partial charge on any atom is -0.478 e. The lowest BCUT2D eigenvalue weighted by Gasteiger charge is -2.38. The summed E-state index contributed by atoms with van der Waals surface area (Å²) in [7, 11) is 0. The van der Waals surface area contributed by atoms with Crippen molar-refractivity contribution in [2.45, 2.75) is 19.9 Å².